The molecule has 4 heteroatoms. The summed E-state index contributed by atoms with van der Waals surface area (Å²) in [6.07, 6.45) is 2.35. The van der Waals surface area contributed by atoms with Gasteiger partial charge in [-0.3, -0.25) is 4.98 Å². The van der Waals surface area contributed by atoms with Crippen molar-refractivity contribution < 1.29 is 9.84 Å². The highest BCUT2D eigenvalue weighted by molar-refractivity contribution is 9.10. The average molecular weight is 308 g/mol. The Morgan fingerprint density at radius 1 is 1.17 bits per heavy atom. The lowest BCUT2D eigenvalue weighted by Crippen LogP contribution is -2.01. The number of para-hydroxylation sites is 1. The number of rotatable bonds is 5. The van der Waals surface area contributed by atoms with E-state index in [2.05, 4.69) is 20.9 Å². The van der Waals surface area contributed by atoms with E-state index >= 15 is 0 Å². The summed E-state index contributed by atoms with van der Waals surface area (Å²) in [4.78, 5) is 4.25. The van der Waals surface area contributed by atoms with E-state index in [1.54, 1.807) is 6.20 Å². The molecule has 1 heterocycles. The van der Waals surface area contributed by atoms with Gasteiger partial charge in [0.15, 0.2) is 0 Å². The number of aliphatic hydroxyl groups is 1. The van der Waals surface area contributed by atoms with Gasteiger partial charge in [0.2, 0.25) is 0 Å². The van der Waals surface area contributed by atoms with Crippen LogP contribution in [0.25, 0.3) is 0 Å². The van der Waals surface area contributed by atoms with Crippen molar-refractivity contribution in [3.05, 3.63) is 58.3 Å². The smallest absolute Gasteiger partial charge is 0.130 e. The number of hydrogen-bond donors (Lipinski definition) is 1. The molecule has 0 atom stereocenters. The standard InChI is InChI=1S/C14H14BrNO2/c15-12-5-6-13(16-9-12)10-18-14-4-2-1-3-11(14)7-8-17/h1-6,9,17H,7-8,10H2. The Balaban J connectivity index is 2.03. The quantitative estimate of drug-likeness (QED) is 0.923. The van der Waals surface area contributed by atoms with E-state index in [0.717, 1.165) is 21.5 Å². The SMILES string of the molecule is OCCc1ccccc1OCc1ccc(Br)cn1. The van der Waals surface area contributed by atoms with Gasteiger partial charge < -0.3 is 9.84 Å². The summed E-state index contributed by atoms with van der Waals surface area (Å²) >= 11 is 3.34. The highest BCUT2D eigenvalue weighted by Gasteiger charge is 2.03. The second-order valence-corrected chi connectivity index (χ2v) is 4.75. The van der Waals surface area contributed by atoms with Gasteiger partial charge in [-0.15, -0.1) is 0 Å². The molecule has 0 spiro atoms. The zero-order chi connectivity index (χ0) is 12.8. The molecule has 0 amide bonds. The van der Waals surface area contributed by atoms with E-state index in [0.29, 0.717) is 13.0 Å². The fourth-order valence-electron chi connectivity index (χ4n) is 1.62. The second kappa shape index (κ2) is 6.52. The van der Waals surface area contributed by atoms with Gasteiger partial charge in [-0.25, -0.2) is 0 Å². The van der Waals surface area contributed by atoms with Gasteiger partial charge in [0, 0.05) is 17.3 Å². The van der Waals surface area contributed by atoms with Crippen molar-refractivity contribution in [1.29, 1.82) is 0 Å². The molecule has 1 N–H and O–H groups in total. The van der Waals surface area contributed by atoms with Crippen LogP contribution in [-0.4, -0.2) is 16.7 Å². The Morgan fingerprint density at radius 3 is 2.72 bits per heavy atom. The first-order chi connectivity index (χ1) is 8.79. The number of pyridine rings is 1. The number of ether oxygens (including phenoxy) is 1. The van der Waals surface area contributed by atoms with Crippen LogP contribution in [0.2, 0.25) is 0 Å². The van der Waals surface area contributed by atoms with Gasteiger partial charge in [0.1, 0.15) is 12.4 Å². The first-order valence-corrected chi connectivity index (χ1v) is 6.51. The Kier molecular flexibility index (Phi) is 4.73. The first-order valence-electron chi connectivity index (χ1n) is 5.71. The molecule has 2 rings (SSSR count). The van der Waals surface area contributed by atoms with Crippen molar-refractivity contribution in [2.45, 2.75) is 13.0 Å². The van der Waals surface area contributed by atoms with Crippen LogP contribution < -0.4 is 4.74 Å². The van der Waals surface area contributed by atoms with Crippen LogP contribution in [0.3, 0.4) is 0 Å². The predicted molar refractivity (Wildman–Crippen MR) is 73.5 cm³/mol. The molecular formula is C14H14BrNO2. The van der Waals surface area contributed by atoms with Crippen LogP contribution in [0.1, 0.15) is 11.3 Å². The number of nitrogens with zero attached hydrogens (tertiary/aromatic N) is 1. The third-order valence-electron chi connectivity index (χ3n) is 2.52. The van der Waals surface area contributed by atoms with Gasteiger partial charge in [-0.05, 0) is 46.1 Å². The van der Waals surface area contributed by atoms with Crippen LogP contribution in [0.15, 0.2) is 47.1 Å². The minimum Gasteiger partial charge on any atom is -0.487 e. The van der Waals surface area contributed by atoms with Gasteiger partial charge in [-0.1, -0.05) is 18.2 Å². The summed E-state index contributed by atoms with van der Waals surface area (Å²) in [7, 11) is 0. The van der Waals surface area contributed by atoms with E-state index in [1.807, 2.05) is 36.4 Å². The Bertz CT molecular complexity index is 499. The van der Waals surface area contributed by atoms with Crippen molar-refractivity contribution in [2.24, 2.45) is 0 Å². The van der Waals surface area contributed by atoms with Gasteiger partial charge in [-0.2, -0.15) is 0 Å². The Labute approximate surface area is 115 Å². The van der Waals surface area contributed by atoms with Crippen LogP contribution in [0.4, 0.5) is 0 Å². The Morgan fingerprint density at radius 2 is 2.00 bits per heavy atom. The van der Waals surface area contributed by atoms with E-state index in [9.17, 15) is 0 Å². The van der Waals surface area contributed by atoms with Crippen LogP contribution in [-0.2, 0) is 13.0 Å². The summed E-state index contributed by atoms with van der Waals surface area (Å²) in [6, 6.07) is 11.6. The van der Waals surface area contributed by atoms with Crippen molar-refractivity contribution >= 4 is 15.9 Å². The highest BCUT2D eigenvalue weighted by Crippen LogP contribution is 2.19. The molecule has 1 aromatic heterocycles. The second-order valence-electron chi connectivity index (χ2n) is 3.84. The lowest BCUT2D eigenvalue weighted by Gasteiger charge is -2.10. The van der Waals surface area contributed by atoms with Gasteiger partial charge >= 0.3 is 0 Å². The third-order valence-corrected chi connectivity index (χ3v) is 2.99. The summed E-state index contributed by atoms with van der Waals surface area (Å²) in [6.45, 7) is 0.548. The van der Waals surface area contributed by atoms with E-state index in [1.165, 1.54) is 0 Å². The summed E-state index contributed by atoms with van der Waals surface area (Å²) in [5.74, 6) is 0.802. The molecule has 3 nitrogen and oxygen atoms in total. The molecule has 0 aliphatic carbocycles. The molecule has 94 valence electrons. The molecule has 0 unspecified atom stereocenters. The predicted octanol–water partition coefficient (Wildman–Crippen LogP) is 2.96. The number of benzene rings is 1. The lowest BCUT2D eigenvalue weighted by molar-refractivity contribution is 0.282. The Hall–Kier alpha value is -1.39. The maximum atomic E-state index is 8.99. The monoisotopic (exact) mass is 307 g/mol. The average Bonchev–Trinajstić information content (AvgIpc) is 2.40. The highest BCUT2D eigenvalue weighted by atomic mass is 79.9. The van der Waals surface area contributed by atoms with Gasteiger partial charge in [0.05, 0.1) is 5.69 Å². The summed E-state index contributed by atoms with van der Waals surface area (Å²) < 4.78 is 6.68. The molecule has 2 aromatic rings. The normalized spacial score (nSPS) is 10.3. The topological polar surface area (TPSA) is 42.4 Å². The number of halogens is 1. The summed E-state index contributed by atoms with van der Waals surface area (Å²) in [5, 5.41) is 8.99. The van der Waals surface area contributed by atoms with Crippen LogP contribution in [0.5, 0.6) is 5.75 Å². The zero-order valence-corrected chi connectivity index (χ0v) is 11.4. The van der Waals surface area contributed by atoms with Crippen molar-refractivity contribution in [3.63, 3.8) is 0 Å². The van der Waals surface area contributed by atoms with Crippen molar-refractivity contribution in [3.8, 4) is 5.75 Å². The molecule has 0 radical (unpaired) electrons. The van der Waals surface area contributed by atoms with Crippen LogP contribution >= 0.6 is 15.9 Å². The molecular weight excluding hydrogens is 294 g/mol. The van der Waals surface area contributed by atoms with E-state index in [4.69, 9.17) is 9.84 Å². The molecule has 1 aromatic carbocycles. The molecule has 18 heavy (non-hydrogen) atoms. The van der Waals surface area contributed by atoms with Crippen LogP contribution in [0, 0.1) is 0 Å². The molecule has 0 saturated carbocycles. The minimum absolute atomic E-state index is 0.122. The third kappa shape index (κ3) is 3.55. The maximum absolute atomic E-state index is 8.99. The molecule has 0 fully saturated rings. The number of aliphatic hydroxyl groups excluding tert-OH is 1. The molecule has 0 aliphatic heterocycles. The fourth-order valence-corrected chi connectivity index (χ4v) is 1.85. The summed E-state index contributed by atoms with van der Waals surface area (Å²) in [5.41, 5.74) is 1.88. The molecule has 0 saturated heterocycles. The van der Waals surface area contributed by atoms with Gasteiger partial charge in [0.25, 0.3) is 0 Å². The van der Waals surface area contributed by atoms with E-state index in [-0.39, 0.29) is 6.61 Å². The molecule has 0 bridgehead atoms. The van der Waals surface area contributed by atoms with Crippen molar-refractivity contribution in [1.82, 2.24) is 4.98 Å². The number of aromatic nitrogens is 1. The maximum Gasteiger partial charge on any atom is 0.130 e. The molecule has 0 aliphatic rings. The lowest BCUT2D eigenvalue weighted by atomic mass is 10.1. The van der Waals surface area contributed by atoms with Crippen molar-refractivity contribution in [2.75, 3.05) is 6.61 Å². The fraction of sp³-hybridized carbons (Fsp3) is 0.214. The number of hydrogen-bond acceptors (Lipinski definition) is 3. The zero-order valence-electron chi connectivity index (χ0n) is 9.84. The first kappa shape index (κ1) is 13.1. The van der Waals surface area contributed by atoms with E-state index < -0.39 is 0 Å². The minimum atomic E-state index is 0.122. The largest absolute Gasteiger partial charge is 0.487 e.